The Labute approximate surface area is 189 Å². The quantitative estimate of drug-likeness (QED) is 0.542. The van der Waals surface area contributed by atoms with Gasteiger partial charge in [0.25, 0.3) is 5.91 Å². The van der Waals surface area contributed by atoms with E-state index in [2.05, 4.69) is 5.16 Å². The van der Waals surface area contributed by atoms with Crippen molar-refractivity contribution >= 4 is 17.5 Å². The topological polar surface area (TPSA) is 58.8 Å². The van der Waals surface area contributed by atoms with Crippen molar-refractivity contribution in [2.24, 2.45) is 0 Å². The molecule has 0 aliphatic carbocycles. The van der Waals surface area contributed by atoms with E-state index in [-0.39, 0.29) is 24.8 Å². The summed E-state index contributed by atoms with van der Waals surface area (Å²) in [7, 11) is 0. The van der Waals surface area contributed by atoms with Crippen LogP contribution in [0.3, 0.4) is 0 Å². The van der Waals surface area contributed by atoms with Gasteiger partial charge in [-0.15, -0.1) is 0 Å². The molecule has 6 nitrogen and oxygen atoms in total. The van der Waals surface area contributed by atoms with Crippen LogP contribution in [0.25, 0.3) is 0 Å². The Morgan fingerprint density at radius 1 is 1.16 bits per heavy atom. The highest BCUT2D eigenvalue weighted by Gasteiger charge is 2.28. The van der Waals surface area contributed by atoms with Gasteiger partial charge in [0.15, 0.2) is 17.3 Å². The second-order valence-electron chi connectivity index (χ2n) is 7.59. The lowest BCUT2D eigenvalue weighted by Crippen LogP contribution is -2.48. The van der Waals surface area contributed by atoms with Gasteiger partial charge in [0.2, 0.25) is 0 Å². The fourth-order valence-corrected chi connectivity index (χ4v) is 3.79. The summed E-state index contributed by atoms with van der Waals surface area (Å²) in [4.78, 5) is 16.7. The van der Waals surface area contributed by atoms with Gasteiger partial charge in [-0.1, -0.05) is 35.0 Å². The van der Waals surface area contributed by atoms with Crippen molar-refractivity contribution in [1.82, 2.24) is 15.0 Å². The van der Waals surface area contributed by atoms with Crippen LogP contribution in [-0.2, 0) is 13.2 Å². The van der Waals surface area contributed by atoms with Gasteiger partial charge in [0.1, 0.15) is 18.1 Å². The lowest BCUT2D eigenvalue weighted by Gasteiger charge is -2.34. The van der Waals surface area contributed by atoms with Crippen LogP contribution >= 0.6 is 11.6 Å². The second-order valence-corrected chi connectivity index (χ2v) is 8.03. The van der Waals surface area contributed by atoms with Crippen molar-refractivity contribution in [3.8, 4) is 5.75 Å². The first-order valence-electron chi connectivity index (χ1n) is 10.2. The van der Waals surface area contributed by atoms with Gasteiger partial charge in [0, 0.05) is 43.3 Å². The molecule has 0 N–H and O–H groups in total. The average Bonchev–Trinajstić information content (AvgIpc) is 3.16. The molecule has 3 aromatic rings. The zero-order chi connectivity index (χ0) is 22.7. The maximum absolute atomic E-state index is 13.9. The predicted octanol–water partition coefficient (Wildman–Crippen LogP) is 4.45. The number of ether oxygens (including phenoxy) is 1. The largest absolute Gasteiger partial charge is 0.489 e. The number of benzene rings is 2. The third-order valence-electron chi connectivity index (χ3n) is 5.45. The number of hydrogen-bond donors (Lipinski definition) is 0. The summed E-state index contributed by atoms with van der Waals surface area (Å²) < 4.78 is 38.4. The number of carbonyl (C=O) groups is 1. The van der Waals surface area contributed by atoms with Crippen LogP contribution < -0.4 is 4.74 Å². The molecule has 1 aliphatic heterocycles. The third-order valence-corrected chi connectivity index (χ3v) is 5.69. The molecule has 0 unspecified atom stereocenters. The fraction of sp³-hybridized carbons (Fsp3) is 0.304. The van der Waals surface area contributed by atoms with Gasteiger partial charge in [-0.2, -0.15) is 0 Å². The van der Waals surface area contributed by atoms with Crippen LogP contribution in [-0.4, -0.2) is 47.0 Å². The molecule has 9 heteroatoms. The first-order valence-corrected chi connectivity index (χ1v) is 10.6. The maximum atomic E-state index is 13.9. The van der Waals surface area contributed by atoms with E-state index in [4.69, 9.17) is 20.9 Å². The number of piperazine rings is 1. The van der Waals surface area contributed by atoms with Crippen LogP contribution in [0.5, 0.6) is 5.75 Å². The molecule has 2 aromatic carbocycles. The number of aryl methyl sites for hydroxylation is 1. The molecule has 0 radical (unpaired) electrons. The molecule has 32 heavy (non-hydrogen) atoms. The highest BCUT2D eigenvalue weighted by molar-refractivity contribution is 6.30. The van der Waals surface area contributed by atoms with Gasteiger partial charge in [-0.25, -0.2) is 8.78 Å². The van der Waals surface area contributed by atoms with Crippen LogP contribution in [0.4, 0.5) is 8.78 Å². The summed E-state index contributed by atoms with van der Waals surface area (Å²) in [5.74, 6) is -0.841. The first-order chi connectivity index (χ1) is 15.4. The number of nitrogens with zero attached hydrogens (tertiary/aromatic N) is 3. The van der Waals surface area contributed by atoms with Crippen LogP contribution in [0.1, 0.15) is 27.4 Å². The molecule has 2 heterocycles. The van der Waals surface area contributed by atoms with Crippen LogP contribution in [0, 0.1) is 18.6 Å². The van der Waals surface area contributed by atoms with Gasteiger partial charge < -0.3 is 14.2 Å². The molecule has 1 saturated heterocycles. The standard InChI is InChI=1S/C23H22ClF2N3O3/c1-15-19(14-31-18-6-3-5-17(24)12-18)22(27-32-15)23(30)29-10-8-28(9-11-29)13-16-4-2-7-20(25)21(16)26/h2-7,12H,8-11,13-14H2,1H3. The summed E-state index contributed by atoms with van der Waals surface area (Å²) in [6.45, 7) is 4.08. The zero-order valence-electron chi connectivity index (χ0n) is 17.5. The SMILES string of the molecule is Cc1onc(C(=O)N2CCN(Cc3cccc(F)c3F)CC2)c1COc1cccc(Cl)c1. The molecule has 1 aromatic heterocycles. The minimum absolute atomic E-state index is 0.121. The summed E-state index contributed by atoms with van der Waals surface area (Å²) in [6.07, 6.45) is 0. The molecule has 1 aliphatic rings. The van der Waals surface area contributed by atoms with Crippen molar-refractivity contribution in [1.29, 1.82) is 0 Å². The molecule has 168 valence electrons. The smallest absolute Gasteiger partial charge is 0.276 e. The van der Waals surface area contributed by atoms with Gasteiger partial charge in [0.05, 0.1) is 5.56 Å². The van der Waals surface area contributed by atoms with Gasteiger partial charge >= 0.3 is 0 Å². The van der Waals surface area contributed by atoms with E-state index < -0.39 is 11.6 Å². The third kappa shape index (κ3) is 4.92. The molecule has 4 rings (SSSR count). The van der Waals surface area contributed by atoms with Crippen molar-refractivity contribution < 1.29 is 22.8 Å². The van der Waals surface area contributed by atoms with Crippen LogP contribution in [0.15, 0.2) is 47.0 Å². The molecule has 0 spiro atoms. The number of aromatic nitrogens is 1. The van der Waals surface area contributed by atoms with Gasteiger partial charge in [-0.3, -0.25) is 9.69 Å². The number of halogens is 3. The van der Waals surface area contributed by atoms with Crippen molar-refractivity contribution in [2.75, 3.05) is 26.2 Å². The first kappa shape index (κ1) is 22.2. The Morgan fingerprint density at radius 3 is 2.66 bits per heavy atom. The van der Waals surface area contributed by atoms with Crippen molar-refractivity contribution in [3.63, 3.8) is 0 Å². The Balaban J connectivity index is 1.37. The molecule has 0 atom stereocenters. The fourth-order valence-electron chi connectivity index (χ4n) is 3.61. The monoisotopic (exact) mass is 461 g/mol. The predicted molar refractivity (Wildman–Crippen MR) is 115 cm³/mol. The van der Waals surface area contributed by atoms with E-state index in [9.17, 15) is 13.6 Å². The highest BCUT2D eigenvalue weighted by Crippen LogP contribution is 2.22. The van der Waals surface area contributed by atoms with Crippen molar-refractivity contribution in [3.05, 3.63) is 81.7 Å². The maximum Gasteiger partial charge on any atom is 0.276 e. The highest BCUT2D eigenvalue weighted by atomic mass is 35.5. The normalized spacial score (nSPS) is 14.6. The second kappa shape index (κ2) is 9.67. The van der Waals surface area contributed by atoms with E-state index in [1.54, 1.807) is 42.2 Å². The molecule has 0 saturated carbocycles. The molecule has 1 fully saturated rings. The van der Waals surface area contributed by atoms with E-state index >= 15 is 0 Å². The molecular formula is C23H22ClF2N3O3. The van der Waals surface area contributed by atoms with E-state index in [1.165, 1.54) is 6.07 Å². The van der Waals surface area contributed by atoms with E-state index in [0.29, 0.717) is 53.8 Å². The van der Waals surface area contributed by atoms with Crippen molar-refractivity contribution in [2.45, 2.75) is 20.1 Å². The Hall–Kier alpha value is -2.97. The lowest BCUT2D eigenvalue weighted by molar-refractivity contribution is 0.0614. The van der Waals surface area contributed by atoms with Crippen LogP contribution in [0.2, 0.25) is 5.02 Å². The molecule has 0 bridgehead atoms. The number of amides is 1. The van der Waals surface area contributed by atoms with E-state index in [0.717, 1.165) is 6.07 Å². The number of carbonyl (C=O) groups excluding carboxylic acids is 1. The minimum atomic E-state index is -0.856. The Bertz CT molecular complexity index is 1110. The minimum Gasteiger partial charge on any atom is -0.489 e. The van der Waals surface area contributed by atoms with Gasteiger partial charge in [-0.05, 0) is 31.2 Å². The summed E-state index contributed by atoms with van der Waals surface area (Å²) in [5.41, 5.74) is 1.10. The molecular weight excluding hydrogens is 440 g/mol. The lowest BCUT2D eigenvalue weighted by atomic mass is 10.1. The van der Waals surface area contributed by atoms with E-state index in [1.807, 2.05) is 4.90 Å². The summed E-state index contributed by atoms with van der Waals surface area (Å²) in [5, 5.41) is 4.50. The Morgan fingerprint density at radius 2 is 1.91 bits per heavy atom. The summed E-state index contributed by atoms with van der Waals surface area (Å²) in [6, 6.07) is 11.1. The zero-order valence-corrected chi connectivity index (χ0v) is 18.2. The Kier molecular flexibility index (Phi) is 6.72. The average molecular weight is 462 g/mol. The number of hydrogen-bond acceptors (Lipinski definition) is 5. The number of rotatable bonds is 6. The summed E-state index contributed by atoms with van der Waals surface area (Å²) >= 11 is 5.98. The molecule has 1 amide bonds.